The monoisotopic (exact) mass is 159 g/mol. The number of hydrogen-bond acceptors (Lipinski definition) is 2. The molecule has 0 unspecified atom stereocenters. The predicted octanol–water partition coefficient (Wildman–Crippen LogP) is 0.529. The van der Waals surface area contributed by atoms with Gasteiger partial charge in [0, 0.05) is 12.0 Å². The quantitative estimate of drug-likeness (QED) is 0.576. The Bertz CT molecular complexity index is 151. The molecule has 0 saturated heterocycles. The number of hydrogen-bond donors (Lipinski definition) is 2. The molecule has 3 N–H and O–H groups in total. The summed E-state index contributed by atoms with van der Waals surface area (Å²) in [5, 5.41) is 7.89. The van der Waals surface area contributed by atoms with E-state index in [4.69, 9.17) is 5.11 Å². The zero-order chi connectivity index (χ0) is 9.44. The highest BCUT2D eigenvalue weighted by Gasteiger charge is 1.90. The van der Waals surface area contributed by atoms with Crippen molar-refractivity contribution in [1.82, 2.24) is 0 Å². The Kier molecular flexibility index (Phi) is 7.64. The number of carboxylic acids is 1. The van der Waals surface area contributed by atoms with E-state index >= 15 is 0 Å². The number of rotatable bonds is 2. The van der Waals surface area contributed by atoms with Gasteiger partial charge in [-0.25, -0.2) is 4.79 Å². The van der Waals surface area contributed by atoms with Crippen molar-refractivity contribution in [3.05, 3.63) is 12.2 Å². The second kappa shape index (κ2) is 6.80. The van der Waals surface area contributed by atoms with Crippen LogP contribution in [0.15, 0.2) is 12.2 Å². The maximum atomic E-state index is 9.60. The van der Waals surface area contributed by atoms with Crippen LogP contribution in [-0.2, 0) is 9.59 Å². The third kappa shape index (κ3) is 17.7. The highest BCUT2D eigenvalue weighted by Crippen LogP contribution is 1.81. The predicted molar refractivity (Wildman–Crippen MR) is 41.9 cm³/mol. The average Bonchev–Trinajstić information content (AvgIpc) is 1.89. The molecule has 0 aliphatic rings. The number of carboxylic acid groups (broad SMARTS) is 1. The molecular formula is C7H13NO3. The van der Waals surface area contributed by atoms with Crippen molar-refractivity contribution in [2.75, 3.05) is 0 Å². The van der Waals surface area contributed by atoms with Gasteiger partial charge in [-0.3, -0.25) is 4.79 Å². The van der Waals surface area contributed by atoms with E-state index in [1.54, 1.807) is 6.92 Å². The Labute approximate surface area is 65.7 Å². The summed E-state index contributed by atoms with van der Waals surface area (Å²) in [6.07, 6.45) is 0.444. The van der Waals surface area contributed by atoms with E-state index in [-0.39, 0.29) is 11.5 Å². The van der Waals surface area contributed by atoms with Crippen LogP contribution in [0.25, 0.3) is 0 Å². The molecule has 0 saturated carbocycles. The Morgan fingerprint density at radius 1 is 1.55 bits per heavy atom. The van der Waals surface area contributed by atoms with Crippen LogP contribution in [0.4, 0.5) is 0 Å². The summed E-state index contributed by atoms with van der Waals surface area (Å²) >= 11 is 0. The van der Waals surface area contributed by atoms with Gasteiger partial charge < -0.3 is 10.8 Å². The normalized spacial score (nSPS) is 7.45. The van der Waals surface area contributed by atoms with Gasteiger partial charge in [0.15, 0.2) is 0 Å². The van der Waals surface area contributed by atoms with E-state index in [1.165, 1.54) is 6.92 Å². The minimum Gasteiger partial charge on any atom is -0.478 e. The van der Waals surface area contributed by atoms with E-state index in [0.717, 1.165) is 0 Å². The van der Waals surface area contributed by atoms with Gasteiger partial charge in [-0.2, -0.15) is 0 Å². The molecule has 0 radical (unpaired) electrons. The first-order chi connectivity index (χ1) is 4.91. The third-order valence-corrected chi connectivity index (χ3v) is 0.714. The molecule has 11 heavy (non-hydrogen) atoms. The molecule has 0 aromatic rings. The molecule has 0 atom stereocenters. The summed E-state index contributed by atoms with van der Waals surface area (Å²) in [4.78, 5) is 19.2. The van der Waals surface area contributed by atoms with Crippen LogP contribution in [-0.4, -0.2) is 17.0 Å². The molecule has 0 aromatic heterocycles. The highest BCUT2D eigenvalue weighted by molar-refractivity contribution is 5.84. The average molecular weight is 159 g/mol. The van der Waals surface area contributed by atoms with Crippen molar-refractivity contribution < 1.29 is 14.7 Å². The Balaban J connectivity index is 0. The SMILES string of the molecule is C=C(C)C(=O)O.CCC(N)=O. The molecule has 1 amide bonds. The molecule has 64 valence electrons. The minimum absolute atomic E-state index is 0.176. The molecule has 0 bridgehead atoms. The van der Waals surface area contributed by atoms with Crippen LogP contribution in [0.1, 0.15) is 20.3 Å². The molecule has 0 fully saturated rings. The highest BCUT2D eigenvalue weighted by atomic mass is 16.4. The number of carbonyl (C=O) groups is 2. The summed E-state index contributed by atoms with van der Waals surface area (Å²) in [7, 11) is 0. The van der Waals surface area contributed by atoms with Crippen LogP contribution < -0.4 is 5.73 Å². The van der Waals surface area contributed by atoms with Crippen molar-refractivity contribution in [3.8, 4) is 0 Å². The lowest BCUT2D eigenvalue weighted by atomic mass is 10.4. The first-order valence-electron chi connectivity index (χ1n) is 3.08. The number of carbonyl (C=O) groups excluding carboxylic acids is 1. The fourth-order valence-corrected chi connectivity index (χ4v) is 0. The van der Waals surface area contributed by atoms with E-state index in [9.17, 15) is 9.59 Å². The van der Waals surface area contributed by atoms with Crippen molar-refractivity contribution in [1.29, 1.82) is 0 Å². The summed E-state index contributed by atoms with van der Waals surface area (Å²) in [6, 6.07) is 0. The van der Waals surface area contributed by atoms with E-state index in [2.05, 4.69) is 12.3 Å². The molecule has 0 aliphatic heterocycles. The van der Waals surface area contributed by atoms with Crippen molar-refractivity contribution >= 4 is 11.9 Å². The minimum atomic E-state index is -0.935. The van der Waals surface area contributed by atoms with Gasteiger partial charge in [0.2, 0.25) is 5.91 Å². The van der Waals surface area contributed by atoms with Gasteiger partial charge in [-0.1, -0.05) is 13.5 Å². The molecule has 0 heterocycles. The lowest BCUT2D eigenvalue weighted by Crippen LogP contribution is -2.06. The third-order valence-electron chi connectivity index (χ3n) is 0.714. The van der Waals surface area contributed by atoms with Gasteiger partial charge in [-0.05, 0) is 6.92 Å². The maximum absolute atomic E-state index is 9.60. The van der Waals surface area contributed by atoms with Crippen molar-refractivity contribution in [2.24, 2.45) is 5.73 Å². The van der Waals surface area contributed by atoms with Crippen LogP contribution in [0.3, 0.4) is 0 Å². The Hall–Kier alpha value is -1.32. The topological polar surface area (TPSA) is 80.4 Å². The molecule has 0 aliphatic carbocycles. The van der Waals surface area contributed by atoms with Gasteiger partial charge in [-0.15, -0.1) is 0 Å². The second-order valence-electron chi connectivity index (χ2n) is 1.91. The lowest BCUT2D eigenvalue weighted by Gasteiger charge is -1.79. The van der Waals surface area contributed by atoms with Crippen LogP contribution >= 0.6 is 0 Å². The molecule has 0 spiro atoms. The summed E-state index contributed by atoms with van der Waals surface area (Å²) in [5.41, 5.74) is 4.83. The zero-order valence-corrected chi connectivity index (χ0v) is 6.76. The largest absolute Gasteiger partial charge is 0.478 e. The summed E-state index contributed by atoms with van der Waals surface area (Å²) < 4.78 is 0. The number of primary amides is 1. The Morgan fingerprint density at radius 2 is 1.73 bits per heavy atom. The summed E-state index contributed by atoms with van der Waals surface area (Å²) in [6.45, 7) is 6.33. The van der Waals surface area contributed by atoms with Crippen LogP contribution in [0.5, 0.6) is 0 Å². The van der Waals surface area contributed by atoms with Gasteiger partial charge >= 0.3 is 5.97 Å². The number of aliphatic carboxylic acids is 1. The Morgan fingerprint density at radius 3 is 1.73 bits per heavy atom. The van der Waals surface area contributed by atoms with Crippen LogP contribution in [0.2, 0.25) is 0 Å². The maximum Gasteiger partial charge on any atom is 0.330 e. The smallest absolute Gasteiger partial charge is 0.330 e. The molecule has 0 aromatic carbocycles. The fraction of sp³-hybridized carbons (Fsp3) is 0.429. The van der Waals surface area contributed by atoms with Crippen molar-refractivity contribution in [2.45, 2.75) is 20.3 Å². The fourth-order valence-electron chi connectivity index (χ4n) is 0. The molecule has 4 nitrogen and oxygen atoms in total. The molecule has 0 rings (SSSR count). The first kappa shape index (κ1) is 12.4. The van der Waals surface area contributed by atoms with Gasteiger partial charge in [0.1, 0.15) is 0 Å². The standard InChI is InChI=1S/C4H6O2.C3H7NO/c1-3(2)4(5)6;1-2-3(4)5/h1H2,2H3,(H,5,6);2H2,1H3,(H2,4,5). The molecular weight excluding hydrogens is 146 g/mol. The summed E-state index contributed by atoms with van der Waals surface area (Å²) in [5.74, 6) is -1.18. The van der Waals surface area contributed by atoms with Crippen LogP contribution in [0, 0.1) is 0 Å². The van der Waals surface area contributed by atoms with Gasteiger partial charge in [0.05, 0.1) is 0 Å². The zero-order valence-electron chi connectivity index (χ0n) is 6.76. The van der Waals surface area contributed by atoms with Crippen molar-refractivity contribution in [3.63, 3.8) is 0 Å². The molecule has 4 heteroatoms. The second-order valence-corrected chi connectivity index (χ2v) is 1.91. The van der Waals surface area contributed by atoms with E-state index in [0.29, 0.717) is 6.42 Å². The number of nitrogens with two attached hydrogens (primary N) is 1. The lowest BCUT2D eigenvalue weighted by molar-refractivity contribution is -0.132. The van der Waals surface area contributed by atoms with Gasteiger partial charge in [0.25, 0.3) is 0 Å². The van der Waals surface area contributed by atoms with E-state index < -0.39 is 5.97 Å². The first-order valence-corrected chi connectivity index (χ1v) is 3.08. The van der Waals surface area contributed by atoms with E-state index in [1.807, 2.05) is 0 Å². The number of amides is 1.